The third-order valence-electron chi connectivity index (χ3n) is 2.17. The molecule has 0 aliphatic carbocycles. The SMILES string of the molecule is COC(=O)/C(=C/C=Cc1ccccc1)CC(=O)O. The van der Waals surface area contributed by atoms with Crippen LogP contribution in [-0.2, 0) is 14.3 Å². The van der Waals surface area contributed by atoms with Crippen molar-refractivity contribution in [3.05, 3.63) is 53.6 Å². The number of ether oxygens (including phenoxy) is 1. The van der Waals surface area contributed by atoms with E-state index >= 15 is 0 Å². The average molecular weight is 246 g/mol. The van der Waals surface area contributed by atoms with Crippen LogP contribution < -0.4 is 0 Å². The molecule has 0 spiro atoms. The summed E-state index contributed by atoms with van der Waals surface area (Å²) in [5.74, 6) is -1.70. The van der Waals surface area contributed by atoms with Crippen LogP contribution in [0.4, 0.5) is 0 Å². The van der Waals surface area contributed by atoms with E-state index in [1.54, 1.807) is 12.2 Å². The number of carbonyl (C=O) groups is 2. The van der Waals surface area contributed by atoms with E-state index in [4.69, 9.17) is 5.11 Å². The molecule has 0 heterocycles. The highest BCUT2D eigenvalue weighted by atomic mass is 16.5. The highest BCUT2D eigenvalue weighted by molar-refractivity contribution is 5.93. The molecule has 1 aromatic carbocycles. The topological polar surface area (TPSA) is 63.6 Å². The van der Waals surface area contributed by atoms with Gasteiger partial charge in [0, 0.05) is 5.57 Å². The van der Waals surface area contributed by atoms with E-state index in [-0.39, 0.29) is 12.0 Å². The minimum Gasteiger partial charge on any atom is -0.481 e. The molecule has 4 heteroatoms. The summed E-state index contributed by atoms with van der Waals surface area (Å²) in [5, 5.41) is 8.67. The summed E-state index contributed by atoms with van der Waals surface area (Å²) in [6.07, 6.45) is 4.51. The molecule has 0 saturated heterocycles. The minimum absolute atomic E-state index is 0.109. The quantitative estimate of drug-likeness (QED) is 0.492. The Bertz CT molecular complexity index is 472. The van der Waals surface area contributed by atoms with E-state index < -0.39 is 11.9 Å². The number of methoxy groups -OCH3 is 1. The van der Waals surface area contributed by atoms with Crippen LogP contribution in [0.25, 0.3) is 6.08 Å². The van der Waals surface area contributed by atoms with E-state index in [2.05, 4.69) is 4.74 Å². The summed E-state index contributed by atoms with van der Waals surface area (Å²) in [6.45, 7) is 0. The van der Waals surface area contributed by atoms with Crippen molar-refractivity contribution in [2.24, 2.45) is 0 Å². The number of rotatable bonds is 5. The number of aliphatic carboxylic acids is 1. The molecule has 0 radical (unpaired) electrons. The first-order chi connectivity index (χ1) is 8.63. The van der Waals surface area contributed by atoms with Gasteiger partial charge in [0.1, 0.15) is 0 Å². The second-order valence-electron chi connectivity index (χ2n) is 3.52. The molecular formula is C14H14O4. The smallest absolute Gasteiger partial charge is 0.334 e. The molecule has 0 fully saturated rings. The third-order valence-corrected chi connectivity index (χ3v) is 2.17. The van der Waals surface area contributed by atoms with Gasteiger partial charge in [-0.25, -0.2) is 4.79 Å². The van der Waals surface area contributed by atoms with Crippen LogP contribution in [0.1, 0.15) is 12.0 Å². The first kappa shape index (κ1) is 13.7. The van der Waals surface area contributed by atoms with E-state index in [9.17, 15) is 9.59 Å². The van der Waals surface area contributed by atoms with Crippen LogP contribution in [0.3, 0.4) is 0 Å². The molecule has 0 aromatic heterocycles. The molecule has 0 unspecified atom stereocenters. The van der Waals surface area contributed by atoms with Gasteiger partial charge in [-0.05, 0) is 5.56 Å². The van der Waals surface area contributed by atoms with Gasteiger partial charge in [-0.3, -0.25) is 4.79 Å². The molecule has 1 N–H and O–H groups in total. The van der Waals surface area contributed by atoms with Crippen molar-refractivity contribution in [3.8, 4) is 0 Å². The molecule has 0 amide bonds. The van der Waals surface area contributed by atoms with Crippen molar-refractivity contribution in [1.29, 1.82) is 0 Å². The average Bonchev–Trinajstić information content (AvgIpc) is 2.37. The molecule has 0 saturated carbocycles. The maximum absolute atomic E-state index is 11.3. The number of carbonyl (C=O) groups excluding carboxylic acids is 1. The van der Waals surface area contributed by atoms with Crippen molar-refractivity contribution in [2.45, 2.75) is 6.42 Å². The van der Waals surface area contributed by atoms with Crippen LogP contribution in [0.5, 0.6) is 0 Å². The van der Waals surface area contributed by atoms with Gasteiger partial charge in [0.15, 0.2) is 0 Å². The van der Waals surface area contributed by atoms with E-state index in [0.717, 1.165) is 5.56 Å². The van der Waals surface area contributed by atoms with Gasteiger partial charge in [0.2, 0.25) is 0 Å². The zero-order valence-electron chi connectivity index (χ0n) is 10.00. The van der Waals surface area contributed by atoms with Crippen molar-refractivity contribution >= 4 is 18.0 Å². The predicted molar refractivity (Wildman–Crippen MR) is 67.8 cm³/mol. The van der Waals surface area contributed by atoms with Crippen molar-refractivity contribution < 1.29 is 19.4 Å². The molecule has 18 heavy (non-hydrogen) atoms. The van der Waals surface area contributed by atoms with Crippen molar-refractivity contribution in [1.82, 2.24) is 0 Å². The number of hydrogen-bond acceptors (Lipinski definition) is 3. The fourth-order valence-electron chi connectivity index (χ4n) is 1.33. The number of carboxylic acids is 1. The Kier molecular flexibility index (Phi) is 5.38. The Morgan fingerprint density at radius 3 is 2.50 bits per heavy atom. The molecule has 0 atom stereocenters. The summed E-state index contributed by atoms with van der Waals surface area (Å²) in [6, 6.07) is 9.49. The third kappa shape index (κ3) is 4.65. The molecule has 4 nitrogen and oxygen atoms in total. The molecule has 1 rings (SSSR count). The van der Waals surface area contributed by atoms with Crippen molar-refractivity contribution in [2.75, 3.05) is 7.11 Å². The van der Waals surface area contributed by atoms with Gasteiger partial charge < -0.3 is 9.84 Å². The second-order valence-corrected chi connectivity index (χ2v) is 3.52. The van der Waals surface area contributed by atoms with Crippen LogP contribution in [0.15, 0.2) is 48.1 Å². The highest BCUT2D eigenvalue weighted by Crippen LogP contribution is 2.06. The zero-order chi connectivity index (χ0) is 13.4. The van der Waals surface area contributed by atoms with Gasteiger partial charge in [0.05, 0.1) is 13.5 Å². The maximum atomic E-state index is 11.3. The lowest BCUT2D eigenvalue weighted by atomic mass is 10.1. The number of hydrogen-bond donors (Lipinski definition) is 1. The van der Waals surface area contributed by atoms with Gasteiger partial charge in [-0.1, -0.05) is 48.6 Å². The largest absolute Gasteiger partial charge is 0.481 e. The summed E-state index contributed by atoms with van der Waals surface area (Å²) in [4.78, 5) is 21.9. The molecule has 0 aliphatic rings. The van der Waals surface area contributed by atoms with Crippen molar-refractivity contribution in [3.63, 3.8) is 0 Å². The number of carboxylic acid groups (broad SMARTS) is 1. The Morgan fingerprint density at radius 2 is 1.94 bits per heavy atom. The first-order valence-corrected chi connectivity index (χ1v) is 5.36. The Balaban J connectivity index is 2.80. The highest BCUT2D eigenvalue weighted by Gasteiger charge is 2.12. The van der Waals surface area contributed by atoms with E-state index in [1.807, 2.05) is 30.3 Å². The normalized spacial score (nSPS) is 11.5. The van der Waals surface area contributed by atoms with Crippen LogP contribution in [-0.4, -0.2) is 24.2 Å². The second kappa shape index (κ2) is 7.06. The van der Waals surface area contributed by atoms with Gasteiger partial charge in [0.25, 0.3) is 0 Å². The summed E-state index contributed by atoms with van der Waals surface area (Å²) >= 11 is 0. The summed E-state index contributed by atoms with van der Waals surface area (Å²) < 4.78 is 4.51. The lowest BCUT2D eigenvalue weighted by Gasteiger charge is -2.00. The molecule has 1 aromatic rings. The summed E-state index contributed by atoms with van der Waals surface area (Å²) in [5.41, 5.74) is 1.07. The van der Waals surface area contributed by atoms with E-state index in [0.29, 0.717) is 0 Å². The minimum atomic E-state index is -1.07. The number of allylic oxidation sites excluding steroid dienone is 2. The number of benzene rings is 1. The lowest BCUT2D eigenvalue weighted by Crippen LogP contribution is -2.09. The Morgan fingerprint density at radius 1 is 1.28 bits per heavy atom. The van der Waals surface area contributed by atoms with Gasteiger partial charge in [-0.15, -0.1) is 0 Å². The van der Waals surface area contributed by atoms with Gasteiger partial charge >= 0.3 is 11.9 Å². The molecule has 0 aliphatic heterocycles. The fraction of sp³-hybridized carbons (Fsp3) is 0.143. The Hall–Kier alpha value is -2.36. The first-order valence-electron chi connectivity index (χ1n) is 5.36. The van der Waals surface area contributed by atoms with Crippen LogP contribution in [0.2, 0.25) is 0 Å². The maximum Gasteiger partial charge on any atom is 0.334 e. The lowest BCUT2D eigenvalue weighted by molar-refractivity contribution is -0.141. The van der Waals surface area contributed by atoms with E-state index in [1.165, 1.54) is 13.2 Å². The van der Waals surface area contributed by atoms with Crippen LogP contribution in [0, 0.1) is 0 Å². The standard InChI is InChI=1S/C14H14O4/c1-18-14(17)12(10-13(15)16)9-5-8-11-6-3-2-4-7-11/h2-9H,10H2,1H3,(H,15,16)/b8-5?,12-9+. The number of esters is 1. The fourth-order valence-corrected chi connectivity index (χ4v) is 1.33. The van der Waals surface area contributed by atoms with Gasteiger partial charge in [-0.2, -0.15) is 0 Å². The monoisotopic (exact) mass is 246 g/mol. The Labute approximate surface area is 105 Å². The van der Waals surface area contributed by atoms with Crippen LogP contribution >= 0.6 is 0 Å². The molecule has 94 valence electrons. The predicted octanol–water partition coefficient (Wildman–Crippen LogP) is 2.27. The molecular weight excluding hydrogens is 232 g/mol. The zero-order valence-corrected chi connectivity index (χ0v) is 10.00. The molecule has 0 bridgehead atoms. The summed E-state index contributed by atoms with van der Waals surface area (Å²) in [7, 11) is 1.22.